The summed E-state index contributed by atoms with van der Waals surface area (Å²) >= 11 is 0. The Morgan fingerprint density at radius 2 is 1.80 bits per heavy atom. The van der Waals surface area contributed by atoms with Crippen molar-refractivity contribution in [1.82, 2.24) is 9.78 Å². The van der Waals surface area contributed by atoms with Crippen molar-refractivity contribution in [2.24, 2.45) is 0 Å². The highest BCUT2D eigenvalue weighted by molar-refractivity contribution is 7.54. The maximum absolute atomic E-state index is 13.5. The molecule has 0 radical (unpaired) electrons. The van der Waals surface area contributed by atoms with Crippen molar-refractivity contribution in [2.45, 2.75) is 12.7 Å². The number of hydrogen-bond acceptors (Lipinski definition) is 5. The Hall–Kier alpha value is -1.96. The maximum Gasteiger partial charge on any atom is 0.433 e. The third-order valence-corrected chi connectivity index (χ3v) is 5.26. The van der Waals surface area contributed by atoms with E-state index in [1.54, 1.807) is 30.3 Å². The Balaban J connectivity index is 2.39. The fraction of sp³-hybridized carbons (Fsp3) is 0.333. The smallest absolute Gasteiger partial charge is 0.312 e. The van der Waals surface area contributed by atoms with Crippen LogP contribution in [0.3, 0.4) is 0 Å². The molecule has 0 bridgehead atoms. The fourth-order valence-corrected chi connectivity index (χ4v) is 3.16. The second-order valence-electron chi connectivity index (χ2n) is 5.11. The minimum Gasteiger partial charge on any atom is -0.312 e. The van der Waals surface area contributed by atoms with E-state index >= 15 is 0 Å². The molecule has 1 heterocycles. The second kappa shape index (κ2) is 7.51. The number of aromatic nitrogens is 2. The Morgan fingerprint density at radius 1 is 1.20 bits per heavy atom. The molecule has 0 aliphatic carbocycles. The zero-order valence-corrected chi connectivity index (χ0v) is 14.4. The number of ketones is 1. The van der Waals surface area contributed by atoms with E-state index in [0.29, 0.717) is 10.2 Å². The van der Waals surface area contributed by atoms with Gasteiger partial charge in [-0.05, 0) is 5.56 Å². The third-order valence-electron chi connectivity index (χ3n) is 3.48. The number of alkyl halides is 3. The maximum atomic E-state index is 13.5. The van der Waals surface area contributed by atoms with Crippen LogP contribution in [0.15, 0.2) is 36.5 Å². The van der Waals surface area contributed by atoms with Gasteiger partial charge in [-0.25, -0.2) is 0 Å². The lowest BCUT2D eigenvalue weighted by atomic mass is 10.1. The first-order valence-corrected chi connectivity index (χ1v) is 8.83. The highest BCUT2D eigenvalue weighted by atomic mass is 31.2. The molecule has 2 rings (SSSR count). The van der Waals surface area contributed by atoms with Crippen LogP contribution in [0.1, 0.15) is 21.6 Å². The molecule has 0 aliphatic heterocycles. The van der Waals surface area contributed by atoms with Crippen LogP contribution in [-0.4, -0.2) is 35.9 Å². The number of carbonyl (C=O) groups excluding carboxylic acids is 1. The molecule has 25 heavy (non-hydrogen) atoms. The monoisotopic (exact) mass is 376 g/mol. The molecule has 0 unspecified atom stereocenters. The number of carbonyl (C=O) groups is 1. The lowest BCUT2D eigenvalue weighted by Crippen LogP contribution is -2.20. The number of rotatable bonds is 7. The summed E-state index contributed by atoms with van der Waals surface area (Å²) in [6.45, 7) is -0.158. The van der Waals surface area contributed by atoms with E-state index in [1.807, 2.05) is 0 Å². The molecule has 6 nitrogen and oxygen atoms in total. The molecule has 1 aromatic carbocycles. The van der Waals surface area contributed by atoms with Gasteiger partial charge < -0.3 is 9.05 Å². The van der Waals surface area contributed by atoms with Crippen LogP contribution in [-0.2, 0) is 26.3 Å². The summed E-state index contributed by atoms with van der Waals surface area (Å²) < 4.78 is 62.3. The van der Waals surface area contributed by atoms with Crippen LogP contribution in [0.4, 0.5) is 13.2 Å². The Morgan fingerprint density at radius 3 is 2.32 bits per heavy atom. The number of nitrogens with zero attached hydrogens (tertiary/aromatic N) is 2. The Bertz CT molecular complexity index is 782. The molecule has 0 spiro atoms. The van der Waals surface area contributed by atoms with Crippen molar-refractivity contribution in [2.75, 3.05) is 20.4 Å². The summed E-state index contributed by atoms with van der Waals surface area (Å²) in [5.41, 5.74) is -1.27. The molecule has 0 N–H and O–H groups in total. The summed E-state index contributed by atoms with van der Waals surface area (Å²) in [7, 11) is -1.67. The van der Waals surface area contributed by atoms with Crippen LogP contribution < -0.4 is 0 Å². The van der Waals surface area contributed by atoms with Crippen LogP contribution in [0.5, 0.6) is 0 Å². The third kappa shape index (κ3) is 4.56. The highest BCUT2D eigenvalue weighted by Gasteiger charge is 2.41. The molecule has 0 saturated heterocycles. The van der Waals surface area contributed by atoms with Crippen LogP contribution in [0.25, 0.3) is 0 Å². The average molecular weight is 376 g/mol. The Labute approximate surface area is 142 Å². The van der Waals surface area contributed by atoms with Gasteiger partial charge in [0.25, 0.3) is 0 Å². The van der Waals surface area contributed by atoms with Gasteiger partial charge in [0.2, 0.25) is 0 Å². The lowest BCUT2D eigenvalue weighted by molar-refractivity contribution is -0.144. The molecular formula is C15H16F3N2O4P. The van der Waals surface area contributed by atoms with E-state index < -0.39 is 37.0 Å². The molecule has 0 amide bonds. The summed E-state index contributed by atoms with van der Waals surface area (Å²) in [5, 5.41) is 3.69. The lowest BCUT2D eigenvalue weighted by Gasteiger charge is -2.14. The summed E-state index contributed by atoms with van der Waals surface area (Å²) in [6, 6.07) is 8.40. The minimum atomic E-state index is -4.81. The van der Waals surface area contributed by atoms with E-state index in [2.05, 4.69) is 14.1 Å². The van der Waals surface area contributed by atoms with Crippen molar-refractivity contribution in [3.63, 3.8) is 0 Å². The number of benzene rings is 1. The highest BCUT2D eigenvalue weighted by Crippen LogP contribution is 2.47. The predicted octanol–water partition coefficient (Wildman–Crippen LogP) is 3.62. The number of halogens is 3. The first-order valence-electron chi connectivity index (χ1n) is 7.11. The molecule has 0 fully saturated rings. The largest absolute Gasteiger partial charge is 0.433 e. The van der Waals surface area contributed by atoms with Gasteiger partial charge in [-0.3, -0.25) is 14.0 Å². The minimum absolute atomic E-state index is 0.158. The summed E-state index contributed by atoms with van der Waals surface area (Å²) in [6.07, 6.45) is -4.79. The van der Waals surface area contributed by atoms with Crippen molar-refractivity contribution >= 4 is 13.4 Å². The normalized spacial score (nSPS) is 12.4. The van der Waals surface area contributed by atoms with Gasteiger partial charge in [-0.15, -0.1) is 0 Å². The number of Topliss-reactive ketones (excluding diaryl/α,β-unsaturated/α-hetero) is 1. The van der Waals surface area contributed by atoms with E-state index in [9.17, 15) is 22.5 Å². The van der Waals surface area contributed by atoms with Gasteiger partial charge in [0.15, 0.2) is 11.5 Å². The van der Waals surface area contributed by atoms with Crippen molar-refractivity contribution in [3.05, 3.63) is 53.3 Å². The fourth-order valence-electron chi connectivity index (χ4n) is 2.23. The van der Waals surface area contributed by atoms with Gasteiger partial charge in [0, 0.05) is 14.2 Å². The number of hydrogen-bond donors (Lipinski definition) is 0. The zero-order valence-electron chi connectivity index (χ0n) is 13.5. The summed E-state index contributed by atoms with van der Waals surface area (Å²) in [4.78, 5) is 12.2. The quantitative estimate of drug-likeness (QED) is 0.545. The van der Waals surface area contributed by atoms with E-state index in [1.165, 1.54) is 0 Å². The molecule has 0 saturated carbocycles. The molecule has 2 aromatic rings. The second-order valence-corrected chi connectivity index (χ2v) is 7.37. The molecule has 136 valence electrons. The SMILES string of the molecule is COP(=O)(CC(=O)c1cnn(Cc2ccccc2)c1C(F)(F)F)OC. The molecule has 0 aliphatic rings. The average Bonchev–Trinajstić information content (AvgIpc) is 2.99. The van der Waals surface area contributed by atoms with Gasteiger partial charge in [0.05, 0.1) is 18.3 Å². The molecule has 10 heteroatoms. The standard InChI is InChI=1S/C15H16F3N2O4P/c1-23-25(22,24-2)10-13(21)12-8-19-20(14(12)15(16,17)18)9-11-6-4-3-5-7-11/h3-8H,9-10H2,1-2H3. The first kappa shape index (κ1) is 19.4. The van der Waals surface area contributed by atoms with E-state index in [4.69, 9.17) is 0 Å². The molecule has 0 atom stereocenters. The van der Waals surface area contributed by atoms with Crippen LogP contribution in [0, 0.1) is 0 Å². The van der Waals surface area contributed by atoms with Gasteiger partial charge in [0.1, 0.15) is 6.16 Å². The van der Waals surface area contributed by atoms with Crippen LogP contribution >= 0.6 is 7.60 Å². The van der Waals surface area contributed by atoms with E-state index in [0.717, 1.165) is 20.4 Å². The summed E-state index contributed by atoms with van der Waals surface area (Å²) in [5.74, 6) is -1.02. The van der Waals surface area contributed by atoms with Crippen molar-refractivity contribution in [1.29, 1.82) is 0 Å². The molecular weight excluding hydrogens is 360 g/mol. The molecule has 1 aromatic heterocycles. The van der Waals surface area contributed by atoms with E-state index in [-0.39, 0.29) is 6.54 Å². The predicted molar refractivity (Wildman–Crippen MR) is 83.6 cm³/mol. The van der Waals surface area contributed by atoms with Gasteiger partial charge in [-0.2, -0.15) is 18.3 Å². The zero-order chi connectivity index (χ0) is 18.7. The van der Waals surface area contributed by atoms with Crippen molar-refractivity contribution < 1.29 is 31.6 Å². The van der Waals surface area contributed by atoms with Crippen molar-refractivity contribution in [3.8, 4) is 0 Å². The Kier molecular flexibility index (Phi) is 5.82. The van der Waals surface area contributed by atoms with Gasteiger partial charge in [-0.1, -0.05) is 30.3 Å². The topological polar surface area (TPSA) is 70.4 Å². The van der Waals surface area contributed by atoms with Crippen LogP contribution in [0.2, 0.25) is 0 Å². The van der Waals surface area contributed by atoms with Gasteiger partial charge >= 0.3 is 13.8 Å². The first-order chi connectivity index (χ1) is 11.7.